The lowest BCUT2D eigenvalue weighted by Gasteiger charge is -2.30. The summed E-state index contributed by atoms with van der Waals surface area (Å²) in [5.41, 5.74) is 6.62. The summed E-state index contributed by atoms with van der Waals surface area (Å²) in [6.07, 6.45) is 2.16. The number of benzene rings is 1. The molecule has 0 radical (unpaired) electrons. The van der Waals surface area contributed by atoms with Crippen LogP contribution in [-0.2, 0) is 14.9 Å². The van der Waals surface area contributed by atoms with Gasteiger partial charge in [-0.25, -0.2) is 0 Å². The van der Waals surface area contributed by atoms with Crippen LogP contribution in [0.4, 0.5) is 0 Å². The maximum Gasteiger partial charge on any atom is 0.315 e. The Kier molecular flexibility index (Phi) is 5.99. The number of hydrogen-bond acceptors (Lipinski definition) is 3. The fraction of sp³-hybridized carbons (Fsp3) is 0.533. The number of unbranched alkanes of at least 4 members (excludes halogenated alkanes) is 1. The monoisotopic (exact) mass is 265 g/mol. The summed E-state index contributed by atoms with van der Waals surface area (Å²) in [7, 11) is 1.65. The number of nitrogens with two attached hydrogens (primary N) is 1. The van der Waals surface area contributed by atoms with Crippen molar-refractivity contribution >= 4 is 5.97 Å². The van der Waals surface area contributed by atoms with Crippen LogP contribution in [0.15, 0.2) is 24.3 Å². The summed E-state index contributed by atoms with van der Waals surface area (Å²) in [4.78, 5) is 11.8. The third kappa shape index (κ3) is 3.55. The molecule has 0 aliphatic heterocycles. The maximum atomic E-state index is 11.8. The van der Waals surface area contributed by atoms with Crippen LogP contribution < -0.4 is 5.73 Å². The number of rotatable bonds is 8. The molecule has 4 nitrogen and oxygen atoms in total. The van der Waals surface area contributed by atoms with E-state index in [1.54, 1.807) is 7.11 Å². The molecule has 1 rings (SSSR count). The average molecular weight is 265 g/mol. The fourth-order valence-electron chi connectivity index (χ4n) is 2.44. The van der Waals surface area contributed by atoms with Gasteiger partial charge < -0.3 is 15.6 Å². The first-order chi connectivity index (χ1) is 9.08. The van der Waals surface area contributed by atoms with Crippen LogP contribution >= 0.6 is 0 Å². The van der Waals surface area contributed by atoms with Crippen molar-refractivity contribution < 1.29 is 14.6 Å². The molecule has 0 aromatic heterocycles. The molecule has 19 heavy (non-hydrogen) atoms. The molecule has 0 amide bonds. The standard InChI is InChI=1S/C15H23NO3/c1-12-7-3-4-8-13(12)15(11-16,14(17)18)9-5-6-10-19-2/h3-4,7-8H,5-6,9-11,16H2,1-2H3,(H,17,18). The van der Waals surface area contributed by atoms with E-state index in [0.29, 0.717) is 13.0 Å². The minimum atomic E-state index is -0.987. The van der Waals surface area contributed by atoms with E-state index in [-0.39, 0.29) is 6.54 Å². The minimum Gasteiger partial charge on any atom is -0.481 e. The summed E-state index contributed by atoms with van der Waals surface area (Å²) in [6.45, 7) is 2.69. The SMILES string of the molecule is COCCCCC(CN)(C(=O)O)c1ccccc1C. The molecule has 1 aromatic rings. The molecule has 1 atom stereocenters. The van der Waals surface area contributed by atoms with Crippen LogP contribution in [0.5, 0.6) is 0 Å². The normalized spacial score (nSPS) is 14.1. The molecular weight excluding hydrogens is 242 g/mol. The number of ether oxygens (including phenoxy) is 1. The van der Waals surface area contributed by atoms with E-state index in [4.69, 9.17) is 10.5 Å². The lowest BCUT2D eigenvalue weighted by atomic mass is 9.74. The second kappa shape index (κ2) is 7.26. The van der Waals surface area contributed by atoms with E-state index < -0.39 is 11.4 Å². The van der Waals surface area contributed by atoms with Crippen LogP contribution in [0.3, 0.4) is 0 Å². The average Bonchev–Trinajstić information content (AvgIpc) is 2.40. The van der Waals surface area contributed by atoms with Gasteiger partial charge in [0.2, 0.25) is 0 Å². The predicted molar refractivity (Wildman–Crippen MR) is 75.3 cm³/mol. The van der Waals surface area contributed by atoms with Crippen LogP contribution in [-0.4, -0.2) is 31.3 Å². The highest BCUT2D eigenvalue weighted by molar-refractivity contribution is 5.82. The van der Waals surface area contributed by atoms with Crippen molar-refractivity contribution in [2.24, 2.45) is 5.73 Å². The van der Waals surface area contributed by atoms with Gasteiger partial charge in [0.25, 0.3) is 0 Å². The zero-order valence-corrected chi connectivity index (χ0v) is 11.7. The van der Waals surface area contributed by atoms with Crippen molar-refractivity contribution in [1.29, 1.82) is 0 Å². The predicted octanol–water partition coefficient (Wildman–Crippen LogP) is 2.09. The highest BCUT2D eigenvalue weighted by atomic mass is 16.5. The van der Waals surface area contributed by atoms with Gasteiger partial charge >= 0.3 is 5.97 Å². The number of carboxylic acid groups (broad SMARTS) is 1. The zero-order chi connectivity index (χ0) is 14.3. The first-order valence-electron chi connectivity index (χ1n) is 6.57. The number of aryl methyl sites for hydroxylation is 1. The number of hydrogen-bond donors (Lipinski definition) is 2. The number of carbonyl (C=O) groups is 1. The summed E-state index contributed by atoms with van der Waals surface area (Å²) in [6, 6.07) is 7.57. The Balaban J connectivity index is 2.99. The van der Waals surface area contributed by atoms with Crippen LogP contribution in [0.25, 0.3) is 0 Å². The molecule has 0 aliphatic carbocycles. The molecule has 0 saturated carbocycles. The van der Waals surface area contributed by atoms with E-state index in [2.05, 4.69) is 0 Å². The molecule has 4 heteroatoms. The summed E-state index contributed by atoms with van der Waals surface area (Å²) < 4.78 is 5.00. The summed E-state index contributed by atoms with van der Waals surface area (Å²) in [5, 5.41) is 9.65. The minimum absolute atomic E-state index is 0.111. The Bertz CT molecular complexity index is 420. The van der Waals surface area contributed by atoms with E-state index in [1.807, 2.05) is 31.2 Å². The lowest BCUT2D eigenvalue weighted by Crippen LogP contribution is -2.43. The lowest BCUT2D eigenvalue weighted by molar-refractivity contribution is -0.143. The molecule has 0 fully saturated rings. The number of methoxy groups -OCH3 is 1. The van der Waals surface area contributed by atoms with Crippen LogP contribution in [0.2, 0.25) is 0 Å². The van der Waals surface area contributed by atoms with Gasteiger partial charge in [-0.2, -0.15) is 0 Å². The van der Waals surface area contributed by atoms with Gasteiger partial charge in [0.05, 0.1) is 0 Å². The fourth-order valence-corrected chi connectivity index (χ4v) is 2.44. The largest absolute Gasteiger partial charge is 0.481 e. The molecular formula is C15H23NO3. The molecule has 106 valence electrons. The molecule has 3 N–H and O–H groups in total. The molecule has 1 unspecified atom stereocenters. The van der Waals surface area contributed by atoms with Crippen molar-refractivity contribution in [2.45, 2.75) is 31.6 Å². The van der Waals surface area contributed by atoms with Gasteiger partial charge in [0.15, 0.2) is 0 Å². The first-order valence-corrected chi connectivity index (χ1v) is 6.57. The van der Waals surface area contributed by atoms with Crippen molar-refractivity contribution in [3.05, 3.63) is 35.4 Å². The van der Waals surface area contributed by atoms with Crippen molar-refractivity contribution in [3.8, 4) is 0 Å². The zero-order valence-electron chi connectivity index (χ0n) is 11.7. The summed E-state index contributed by atoms with van der Waals surface area (Å²) in [5.74, 6) is -0.846. The molecule has 1 aromatic carbocycles. The van der Waals surface area contributed by atoms with Crippen molar-refractivity contribution in [1.82, 2.24) is 0 Å². The molecule has 0 spiro atoms. The van der Waals surface area contributed by atoms with Gasteiger partial charge in [0.1, 0.15) is 5.41 Å². The van der Waals surface area contributed by atoms with Gasteiger partial charge in [-0.05, 0) is 37.3 Å². The van der Waals surface area contributed by atoms with E-state index in [1.165, 1.54) is 0 Å². The third-order valence-electron chi connectivity index (χ3n) is 3.62. The third-order valence-corrected chi connectivity index (χ3v) is 3.62. The van der Waals surface area contributed by atoms with Crippen molar-refractivity contribution in [2.75, 3.05) is 20.3 Å². The Labute approximate surface area is 114 Å². The molecule has 0 bridgehead atoms. The second-order valence-corrected chi connectivity index (χ2v) is 4.86. The number of carboxylic acids is 1. The van der Waals surface area contributed by atoms with E-state index in [0.717, 1.165) is 24.0 Å². The topological polar surface area (TPSA) is 72.5 Å². The maximum absolute atomic E-state index is 11.8. The van der Waals surface area contributed by atoms with Crippen LogP contribution in [0, 0.1) is 6.92 Å². The van der Waals surface area contributed by atoms with Gasteiger partial charge in [-0.15, -0.1) is 0 Å². The van der Waals surface area contributed by atoms with Gasteiger partial charge in [-0.3, -0.25) is 4.79 Å². The number of aliphatic carboxylic acids is 1. The summed E-state index contributed by atoms with van der Waals surface area (Å²) >= 11 is 0. The Morgan fingerprint density at radius 2 is 2.05 bits per heavy atom. The van der Waals surface area contributed by atoms with E-state index in [9.17, 15) is 9.90 Å². The van der Waals surface area contributed by atoms with Gasteiger partial charge in [0, 0.05) is 20.3 Å². The Morgan fingerprint density at radius 3 is 2.58 bits per heavy atom. The second-order valence-electron chi connectivity index (χ2n) is 4.86. The van der Waals surface area contributed by atoms with E-state index >= 15 is 0 Å². The highest BCUT2D eigenvalue weighted by Gasteiger charge is 2.39. The highest BCUT2D eigenvalue weighted by Crippen LogP contribution is 2.32. The van der Waals surface area contributed by atoms with Crippen LogP contribution in [0.1, 0.15) is 30.4 Å². The Morgan fingerprint density at radius 1 is 1.37 bits per heavy atom. The van der Waals surface area contributed by atoms with Crippen molar-refractivity contribution in [3.63, 3.8) is 0 Å². The first kappa shape index (κ1) is 15.7. The molecule has 0 aliphatic rings. The Hall–Kier alpha value is -1.39. The molecule has 0 saturated heterocycles. The quantitative estimate of drug-likeness (QED) is 0.706. The smallest absolute Gasteiger partial charge is 0.315 e. The van der Waals surface area contributed by atoms with Gasteiger partial charge in [-0.1, -0.05) is 24.3 Å². The molecule has 0 heterocycles.